The number of nitrogens with zero attached hydrogens (tertiary/aromatic N) is 1. The van der Waals surface area contributed by atoms with Crippen LogP contribution in [0.3, 0.4) is 0 Å². The van der Waals surface area contributed by atoms with Crippen LogP contribution in [0.1, 0.15) is 18.9 Å². The monoisotopic (exact) mass is 249 g/mol. The van der Waals surface area contributed by atoms with Gasteiger partial charge >= 0.3 is 0 Å². The number of nitriles is 1. The topological polar surface area (TPSA) is 23.8 Å². The van der Waals surface area contributed by atoms with Crippen LogP contribution in [0.15, 0.2) is 41.4 Å². The third-order valence-electron chi connectivity index (χ3n) is 2.27. The number of hydrogen-bond acceptors (Lipinski definition) is 1. The van der Waals surface area contributed by atoms with E-state index in [1.165, 1.54) is 0 Å². The Balaban J connectivity index is 3.20. The highest BCUT2D eigenvalue weighted by molar-refractivity contribution is 9.10. The Morgan fingerprint density at radius 3 is 2.71 bits per heavy atom. The molecule has 1 rings (SSSR count). The average Bonchev–Trinajstić information content (AvgIpc) is 2.18. The highest BCUT2D eigenvalue weighted by Crippen LogP contribution is 2.32. The first-order valence-corrected chi connectivity index (χ1v) is 5.20. The van der Waals surface area contributed by atoms with Crippen molar-refractivity contribution in [2.45, 2.75) is 18.8 Å². The molecule has 1 unspecified atom stereocenters. The lowest BCUT2D eigenvalue weighted by Gasteiger charge is -2.21. The Hall–Kier alpha value is -1.07. The van der Waals surface area contributed by atoms with E-state index in [-0.39, 0.29) is 0 Å². The van der Waals surface area contributed by atoms with Gasteiger partial charge in [-0.1, -0.05) is 40.2 Å². The molecule has 1 aromatic rings. The van der Waals surface area contributed by atoms with Gasteiger partial charge in [0.05, 0.1) is 11.5 Å². The fraction of sp³-hybridized carbons (Fsp3) is 0.250. The molecule has 2 heteroatoms. The molecule has 72 valence electrons. The highest BCUT2D eigenvalue weighted by atomic mass is 79.9. The van der Waals surface area contributed by atoms with Crippen molar-refractivity contribution in [3.8, 4) is 6.07 Å². The van der Waals surface area contributed by atoms with Gasteiger partial charge in [0, 0.05) is 4.47 Å². The first-order valence-electron chi connectivity index (χ1n) is 4.41. The zero-order valence-corrected chi connectivity index (χ0v) is 9.71. The van der Waals surface area contributed by atoms with E-state index in [1.54, 1.807) is 6.08 Å². The third-order valence-corrected chi connectivity index (χ3v) is 2.96. The summed E-state index contributed by atoms with van der Waals surface area (Å²) >= 11 is 3.46. The van der Waals surface area contributed by atoms with E-state index < -0.39 is 5.41 Å². The van der Waals surface area contributed by atoms with E-state index in [9.17, 15) is 5.26 Å². The molecule has 0 aromatic heterocycles. The van der Waals surface area contributed by atoms with Crippen LogP contribution >= 0.6 is 15.9 Å². The molecule has 0 aliphatic heterocycles. The Morgan fingerprint density at radius 1 is 1.57 bits per heavy atom. The zero-order chi connectivity index (χ0) is 10.6. The van der Waals surface area contributed by atoms with E-state index >= 15 is 0 Å². The summed E-state index contributed by atoms with van der Waals surface area (Å²) < 4.78 is 0.978. The van der Waals surface area contributed by atoms with Gasteiger partial charge in [-0.3, -0.25) is 0 Å². The first-order chi connectivity index (χ1) is 6.64. The summed E-state index contributed by atoms with van der Waals surface area (Å²) in [7, 11) is 0. The molecule has 0 radical (unpaired) electrons. The van der Waals surface area contributed by atoms with Crippen LogP contribution in [0.4, 0.5) is 0 Å². The quantitative estimate of drug-likeness (QED) is 0.748. The minimum absolute atomic E-state index is 0.484. The zero-order valence-electron chi connectivity index (χ0n) is 8.13. The van der Waals surface area contributed by atoms with Gasteiger partial charge in [0.2, 0.25) is 0 Å². The Morgan fingerprint density at radius 2 is 2.21 bits per heavy atom. The van der Waals surface area contributed by atoms with E-state index in [2.05, 4.69) is 28.6 Å². The standard InChI is InChI=1S/C12H12BrN/c1-3-8-12(2,9-14)10-6-4-5-7-11(10)13/h3-7H,1,8H2,2H3. The molecule has 1 nitrogen and oxygen atoms in total. The molecule has 0 fully saturated rings. The summed E-state index contributed by atoms with van der Waals surface area (Å²) in [6.45, 7) is 5.61. The average molecular weight is 250 g/mol. The number of benzene rings is 1. The lowest BCUT2D eigenvalue weighted by molar-refractivity contribution is 0.618. The van der Waals surface area contributed by atoms with Crippen molar-refractivity contribution in [2.75, 3.05) is 0 Å². The van der Waals surface area contributed by atoms with Gasteiger partial charge in [-0.2, -0.15) is 5.26 Å². The van der Waals surface area contributed by atoms with Crippen molar-refractivity contribution < 1.29 is 0 Å². The second kappa shape index (κ2) is 4.43. The van der Waals surface area contributed by atoms with Gasteiger partial charge in [0.1, 0.15) is 0 Å². The summed E-state index contributed by atoms with van der Waals surface area (Å²) in [6, 6.07) is 10.1. The maximum atomic E-state index is 9.18. The molecule has 1 aromatic carbocycles. The largest absolute Gasteiger partial charge is 0.197 e. The van der Waals surface area contributed by atoms with Crippen molar-refractivity contribution in [1.29, 1.82) is 5.26 Å². The molecule has 0 N–H and O–H groups in total. The minimum atomic E-state index is -0.484. The molecule has 0 saturated heterocycles. The Bertz CT molecular complexity index is 378. The van der Waals surface area contributed by atoms with Crippen LogP contribution in [0.5, 0.6) is 0 Å². The Labute approximate surface area is 93.2 Å². The number of halogens is 1. The van der Waals surface area contributed by atoms with E-state index in [0.717, 1.165) is 10.0 Å². The second-order valence-electron chi connectivity index (χ2n) is 3.42. The van der Waals surface area contributed by atoms with Crippen molar-refractivity contribution >= 4 is 15.9 Å². The molecule has 0 spiro atoms. The summed E-state index contributed by atoms with van der Waals surface area (Å²) in [4.78, 5) is 0. The minimum Gasteiger partial charge on any atom is -0.197 e. The normalized spacial score (nSPS) is 14.1. The van der Waals surface area contributed by atoms with Gasteiger partial charge < -0.3 is 0 Å². The molecule has 1 atom stereocenters. The van der Waals surface area contributed by atoms with E-state index in [1.807, 2.05) is 31.2 Å². The van der Waals surface area contributed by atoms with Crippen LogP contribution in [-0.2, 0) is 5.41 Å². The predicted octanol–water partition coefficient (Wildman–Crippen LogP) is 3.81. The van der Waals surface area contributed by atoms with Gasteiger partial charge in [0.25, 0.3) is 0 Å². The van der Waals surface area contributed by atoms with Crippen molar-refractivity contribution in [3.63, 3.8) is 0 Å². The van der Waals surface area contributed by atoms with Crippen LogP contribution < -0.4 is 0 Å². The van der Waals surface area contributed by atoms with Crippen molar-refractivity contribution in [2.24, 2.45) is 0 Å². The molecule has 0 aliphatic carbocycles. The highest BCUT2D eigenvalue weighted by Gasteiger charge is 2.26. The third kappa shape index (κ3) is 2.05. The number of allylic oxidation sites excluding steroid dienone is 1. The predicted molar refractivity (Wildman–Crippen MR) is 61.9 cm³/mol. The lowest BCUT2D eigenvalue weighted by Crippen LogP contribution is -2.18. The summed E-state index contributed by atoms with van der Waals surface area (Å²) in [6.07, 6.45) is 2.44. The first kappa shape index (κ1) is 11.0. The second-order valence-corrected chi connectivity index (χ2v) is 4.27. The van der Waals surface area contributed by atoms with Crippen LogP contribution in [0.25, 0.3) is 0 Å². The summed E-state index contributed by atoms with van der Waals surface area (Å²) in [5, 5.41) is 9.18. The van der Waals surface area contributed by atoms with Crippen molar-refractivity contribution in [1.82, 2.24) is 0 Å². The Kier molecular flexibility index (Phi) is 3.49. The van der Waals surface area contributed by atoms with Crippen LogP contribution in [0.2, 0.25) is 0 Å². The van der Waals surface area contributed by atoms with E-state index in [0.29, 0.717) is 6.42 Å². The fourth-order valence-corrected chi connectivity index (χ4v) is 2.14. The van der Waals surface area contributed by atoms with Gasteiger partial charge in [-0.05, 0) is 25.0 Å². The smallest absolute Gasteiger partial charge is 0.0839 e. The summed E-state index contributed by atoms with van der Waals surface area (Å²) in [5.41, 5.74) is 0.532. The number of rotatable bonds is 3. The molecular weight excluding hydrogens is 238 g/mol. The van der Waals surface area contributed by atoms with Crippen LogP contribution in [0, 0.1) is 11.3 Å². The van der Waals surface area contributed by atoms with Gasteiger partial charge in [-0.15, -0.1) is 6.58 Å². The van der Waals surface area contributed by atoms with Crippen molar-refractivity contribution in [3.05, 3.63) is 47.0 Å². The van der Waals surface area contributed by atoms with E-state index in [4.69, 9.17) is 0 Å². The molecule has 0 saturated carbocycles. The molecular formula is C12H12BrN. The number of hydrogen-bond donors (Lipinski definition) is 0. The maximum Gasteiger partial charge on any atom is 0.0839 e. The SMILES string of the molecule is C=CCC(C)(C#N)c1ccccc1Br. The van der Waals surface area contributed by atoms with Gasteiger partial charge in [-0.25, -0.2) is 0 Å². The lowest BCUT2D eigenvalue weighted by atomic mass is 9.81. The molecule has 0 aliphatic rings. The summed E-state index contributed by atoms with van der Waals surface area (Å²) in [5.74, 6) is 0. The fourth-order valence-electron chi connectivity index (χ4n) is 1.41. The maximum absolute atomic E-state index is 9.18. The molecule has 0 amide bonds. The molecule has 0 bridgehead atoms. The molecule has 14 heavy (non-hydrogen) atoms. The van der Waals surface area contributed by atoms with Crippen LogP contribution in [-0.4, -0.2) is 0 Å². The van der Waals surface area contributed by atoms with Gasteiger partial charge in [0.15, 0.2) is 0 Å². The molecule has 0 heterocycles.